The van der Waals surface area contributed by atoms with Gasteiger partial charge in [-0.1, -0.05) is 18.2 Å². The third-order valence-electron chi connectivity index (χ3n) is 4.34. The highest BCUT2D eigenvalue weighted by Gasteiger charge is 2.15. The number of rotatable bonds is 5. The van der Waals surface area contributed by atoms with Gasteiger partial charge in [-0.05, 0) is 48.7 Å². The van der Waals surface area contributed by atoms with E-state index in [0.717, 1.165) is 27.6 Å². The van der Waals surface area contributed by atoms with Crippen LogP contribution < -0.4 is 14.8 Å². The summed E-state index contributed by atoms with van der Waals surface area (Å²) in [5, 5.41) is 4.03. The Bertz CT molecular complexity index is 928. The lowest BCUT2D eigenvalue weighted by Crippen LogP contribution is -2.23. The molecule has 0 aliphatic heterocycles. The Morgan fingerprint density at radius 2 is 1.80 bits per heavy atom. The number of carbonyl (C=O) groups is 1. The van der Waals surface area contributed by atoms with Crippen molar-refractivity contribution >= 4 is 16.8 Å². The molecule has 0 aliphatic rings. The van der Waals surface area contributed by atoms with E-state index in [1.165, 1.54) is 0 Å². The highest BCUT2D eigenvalue weighted by atomic mass is 16.5. The summed E-state index contributed by atoms with van der Waals surface area (Å²) in [6.07, 6.45) is 0. The van der Waals surface area contributed by atoms with E-state index in [0.29, 0.717) is 23.7 Å². The van der Waals surface area contributed by atoms with E-state index in [-0.39, 0.29) is 5.91 Å². The summed E-state index contributed by atoms with van der Waals surface area (Å²) in [4.78, 5) is 15.8. The maximum Gasteiger partial charge on any atom is 0.268 e. The molecule has 0 fully saturated rings. The second kappa shape index (κ2) is 6.89. The second-order valence-electron chi connectivity index (χ2n) is 6.05. The van der Waals surface area contributed by atoms with Gasteiger partial charge in [0.25, 0.3) is 5.91 Å². The van der Waals surface area contributed by atoms with Gasteiger partial charge in [0.15, 0.2) is 11.5 Å². The van der Waals surface area contributed by atoms with Crippen molar-refractivity contribution in [1.82, 2.24) is 10.3 Å². The lowest BCUT2D eigenvalue weighted by molar-refractivity contribution is 0.0946. The number of hydrogen-bond donors (Lipinski definition) is 2. The van der Waals surface area contributed by atoms with Crippen molar-refractivity contribution in [2.75, 3.05) is 14.2 Å². The summed E-state index contributed by atoms with van der Waals surface area (Å²) >= 11 is 0. The van der Waals surface area contributed by atoms with Crippen LogP contribution in [0.2, 0.25) is 0 Å². The Balaban J connectivity index is 1.78. The minimum Gasteiger partial charge on any atom is -0.493 e. The molecule has 0 saturated carbocycles. The van der Waals surface area contributed by atoms with Crippen LogP contribution in [-0.2, 0) is 6.54 Å². The average Bonchev–Trinajstić information content (AvgIpc) is 2.95. The van der Waals surface area contributed by atoms with Gasteiger partial charge in [-0.2, -0.15) is 0 Å². The molecular formula is C20H22N2O3. The zero-order valence-electron chi connectivity index (χ0n) is 14.9. The molecule has 5 nitrogen and oxygen atoms in total. The molecule has 0 saturated heterocycles. The van der Waals surface area contributed by atoms with Crippen LogP contribution >= 0.6 is 0 Å². The quantitative estimate of drug-likeness (QED) is 0.745. The molecule has 1 aromatic heterocycles. The molecule has 1 amide bonds. The van der Waals surface area contributed by atoms with Gasteiger partial charge in [0.1, 0.15) is 5.69 Å². The molecule has 0 bridgehead atoms. The number of aromatic nitrogens is 1. The van der Waals surface area contributed by atoms with Gasteiger partial charge in [-0.3, -0.25) is 4.79 Å². The van der Waals surface area contributed by atoms with Crippen molar-refractivity contribution < 1.29 is 14.3 Å². The normalized spacial score (nSPS) is 10.7. The zero-order chi connectivity index (χ0) is 18.0. The van der Waals surface area contributed by atoms with Gasteiger partial charge in [-0.25, -0.2) is 0 Å². The Kier molecular flexibility index (Phi) is 4.65. The summed E-state index contributed by atoms with van der Waals surface area (Å²) in [6.45, 7) is 4.40. The van der Waals surface area contributed by atoms with Crippen LogP contribution in [-0.4, -0.2) is 25.1 Å². The minimum absolute atomic E-state index is 0.124. The van der Waals surface area contributed by atoms with Crippen LogP contribution in [0.4, 0.5) is 0 Å². The summed E-state index contributed by atoms with van der Waals surface area (Å²) in [7, 11) is 3.19. The van der Waals surface area contributed by atoms with Gasteiger partial charge in [0, 0.05) is 17.4 Å². The summed E-state index contributed by atoms with van der Waals surface area (Å²) in [5.74, 6) is 1.19. The first-order chi connectivity index (χ1) is 12.0. The van der Waals surface area contributed by atoms with E-state index in [1.807, 2.05) is 44.2 Å². The molecule has 130 valence electrons. The number of hydrogen-bond acceptors (Lipinski definition) is 3. The monoisotopic (exact) mass is 338 g/mol. The van der Waals surface area contributed by atoms with Crippen LogP contribution in [0, 0.1) is 13.8 Å². The van der Waals surface area contributed by atoms with E-state index < -0.39 is 0 Å². The van der Waals surface area contributed by atoms with E-state index in [2.05, 4.69) is 16.4 Å². The van der Waals surface area contributed by atoms with Gasteiger partial charge in [-0.15, -0.1) is 0 Å². The maximum absolute atomic E-state index is 12.6. The SMILES string of the molecule is COc1ccc(CNC(=O)c2[nH]c3cc(C)ccc3c2C)cc1OC. The van der Waals surface area contributed by atoms with Crippen molar-refractivity contribution in [3.05, 3.63) is 58.8 Å². The van der Waals surface area contributed by atoms with Crippen LogP contribution in [0.1, 0.15) is 27.2 Å². The highest BCUT2D eigenvalue weighted by molar-refractivity contribution is 6.00. The lowest BCUT2D eigenvalue weighted by Gasteiger charge is -2.10. The van der Waals surface area contributed by atoms with Crippen LogP contribution in [0.25, 0.3) is 10.9 Å². The Hall–Kier alpha value is -2.95. The molecule has 3 rings (SSSR count). The summed E-state index contributed by atoms with van der Waals surface area (Å²) in [6, 6.07) is 11.7. The largest absolute Gasteiger partial charge is 0.493 e. The molecule has 3 aromatic rings. The van der Waals surface area contributed by atoms with Crippen molar-refractivity contribution in [2.24, 2.45) is 0 Å². The van der Waals surface area contributed by atoms with Gasteiger partial charge < -0.3 is 19.8 Å². The Morgan fingerprint density at radius 3 is 2.52 bits per heavy atom. The fourth-order valence-electron chi connectivity index (χ4n) is 2.94. The van der Waals surface area contributed by atoms with E-state index in [1.54, 1.807) is 14.2 Å². The van der Waals surface area contributed by atoms with Crippen molar-refractivity contribution in [3.63, 3.8) is 0 Å². The van der Waals surface area contributed by atoms with Crippen molar-refractivity contribution in [3.8, 4) is 11.5 Å². The summed E-state index contributed by atoms with van der Waals surface area (Å²) in [5.41, 5.74) is 4.64. The fraction of sp³-hybridized carbons (Fsp3) is 0.250. The van der Waals surface area contributed by atoms with E-state index in [9.17, 15) is 4.79 Å². The Labute approximate surface area is 147 Å². The molecular weight excluding hydrogens is 316 g/mol. The molecule has 0 spiro atoms. The number of amides is 1. The molecule has 0 aliphatic carbocycles. The van der Waals surface area contributed by atoms with E-state index >= 15 is 0 Å². The van der Waals surface area contributed by atoms with Crippen molar-refractivity contribution in [1.29, 1.82) is 0 Å². The molecule has 0 unspecified atom stereocenters. The number of aryl methyl sites for hydroxylation is 2. The average molecular weight is 338 g/mol. The summed E-state index contributed by atoms with van der Waals surface area (Å²) < 4.78 is 10.5. The van der Waals surface area contributed by atoms with Crippen LogP contribution in [0.5, 0.6) is 11.5 Å². The third kappa shape index (κ3) is 3.31. The number of benzene rings is 2. The van der Waals surface area contributed by atoms with Crippen LogP contribution in [0.15, 0.2) is 36.4 Å². The molecule has 0 atom stereocenters. The number of nitrogens with one attached hydrogen (secondary N) is 2. The topological polar surface area (TPSA) is 63.3 Å². The fourth-order valence-corrected chi connectivity index (χ4v) is 2.94. The zero-order valence-corrected chi connectivity index (χ0v) is 14.9. The first kappa shape index (κ1) is 16.9. The van der Waals surface area contributed by atoms with Crippen molar-refractivity contribution in [2.45, 2.75) is 20.4 Å². The first-order valence-corrected chi connectivity index (χ1v) is 8.11. The number of methoxy groups -OCH3 is 2. The molecule has 25 heavy (non-hydrogen) atoms. The number of fused-ring (bicyclic) bond motifs is 1. The minimum atomic E-state index is -0.124. The third-order valence-corrected chi connectivity index (χ3v) is 4.34. The lowest BCUT2D eigenvalue weighted by atomic mass is 10.1. The highest BCUT2D eigenvalue weighted by Crippen LogP contribution is 2.27. The molecule has 0 radical (unpaired) electrons. The van der Waals surface area contributed by atoms with Crippen LogP contribution in [0.3, 0.4) is 0 Å². The van der Waals surface area contributed by atoms with Gasteiger partial charge in [0.05, 0.1) is 14.2 Å². The first-order valence-electron chi connectivity index (χ1n) is 8.11. The number of ether oxygens (including phenoxy) is 2. The predicted molar refractivity (Wildman–Crippen MR) is 98.5 cm³/mol. The second-order valence-corrected chi connectivity index (χ2v) is 6.05. The smallest absolute Gasteiger partial charge is 0.268 e. The number of H-pyrrole nitrogens is 1. The molecule has 1 heterocycles. The molecule has 2 N–H and O–H groups in total. The molecule has 2 aromatic carbocycles. The van der Waals surface area contributed by atoms with E-state index in [4.69, 9.17) is 9.47 Å². The van der Waals surface area contributed by atoms with Gasteiger partial charge >= 0.3 is 0 Å². The molecule has 5 heteroatoms. The predicted octanol–water partition coefficient (Wildman–Crippen LogP) is 3.73. The maximum atomic E-state index is 12.6. The van der Waals surface area contributed by atoms with Gasteiger partial charge in [0.2, 0.25) is 0 Å². The Morgan fingerprint density at radius 1 is 1.04 bits per heavy atom. The standard InChI is InChI=1S/C20H22N2O3/c1-12-5-7-15-13(2)19(22-16(15)9-12)20(23)21-11-14-6-8-17(24-3)18(10-14)25-4/h5-10,22H,11H2,1-4H3,(H,21,23). The number of aromatic amines is 1. The number of carbonyl (C=O) groups excluding carboxylic acids is 1.